The Bertz CT molecular complexity index is 996. The first-order valence-electron chi connectivity index (χ1n) is 8.95. The largest absolute Gasteiger partial charge is 0.336 e. The van der Waals surface area contributed by atoms with Gasteiger partial charge in [0, 0.05) is 63.2 Å². The Hall–Kier alpha value is -2.09. The molecule has 162 valence electrons. The molecule has 0 atom stereocenters. The average Bonchev–Trinajstić information content (AvgIpc) is 2.67. The maximum absolute atomic E-state index is 12.8. The quantitative estimate of drug-likeness (QED) is 0.433. The summed E-state index contributed by atoms with van der Waals surface area (Å²) in [7, 11) is -7.38. The van der Waals surface area contributed by atoms with Gasteiger partial charge in [-0.1, -0.05) is 13.8 Å². The van der Waals surface area contributed by atoms with Crippen LogP contribution in [0.15, 0.2) is 23.1 Å². The molecule has 0 bridgehead atoms. The highest BCUT2D eigenvalue weighted by molar-refractivity contribution is 7.90. The standard InChI is InChI=1S/C16H24N4O7S2/c1-4-18(5-2)29(26,27)19-8-6-17(7-9-19)16(21)13-10-14(20(22)23)12-15(11-13)28(3,24)25/h10-12H,4-9H2,1-3H3. The van der Waals surface area contributed by atoms with E-state index in [9.17, 15) is 31.7 Å². The predicted octanol–water partition coefficient (Wildman–Crippen LogP) is 0.343. The Morgan fingerprint density at radius 1 is 1.07 bits per heavy atom. The molecule has 29 heavy (non-hydrogen) atoms. The number of carbonyl (C=O) groups excluding carboxylic acids is 1. The molecule has 1 saturated heterocycles. The van der Waals surface area contributed by atoms with Crippen LogP contribution in [0, 0.1) is 10.1 Å². The third kappa shape index (κ3) is 5.10. The van der Waals surface area contributed by atoms with Gasteiger partial charge in [0.1, 0.15) is 0 Å². The smallest absolute Gasteiger partial charge is 0.282 e. The van der Waals surface area contributed by atoms with E-state index >= 15 is 0 Å². The summed E-state index contributed by atoms with van der Waals surface area (Å²) >= 11 is 0. The molecule has 11 nitrogen and oxygen atoms in total. The number of benzene rings is 1. The molecule has 0 unspecified atom stereocenters. The van der Waals surface area contributed by atoms with Gasteiger partial charge in [0.2, 0.25) is 0 Å². The highest BCUT2D eigenvalue weighted by atomic mass is 32.2. The van der Waals surface area contributed by atoms with Crippen molar-refractivity contribution in [1.29, 1.82) is 0 Å². The van der Waals surface area contributed by atoms with E-state index in [4.69, 9.17) is 0 Å². The Kier molecular flexibility index (Phi) is 6.98. The molecule has 0 N–H and O–H groups in total. The van der Waals surface area contributed by atoms with Crippen molar-refractivity contribution in [1.82, 2.24) is 13.5 Å². The van der Waals surface area contributed by atoms with Gasteiger partial charge in [0.25, 0.3) is 21.8 Å². The molecule has 0 spiro atoms. The van der Waals surface area contributed by atoms with Gasteiger partial charge >= 0.3 is 0 Å². The van der Waals surface area contributed by atoms with E-state index in [2.05, 4.69) is 0 Å². The molecule has 13 heteroatoms. The minimum Gasteiger partial charge on any atom is -0.336 e. The number of amides is 1. The molecule has 1 heterocycles. The van der Waals surface area contributed by atoms with Gasteiger partial charge < -0.3 is 4.90 Å². The van der Waals surface area contributed by atoms with Crippen molar-refractivity contribution >= 4 is 31.6 Å². The van der Waals surface area contributed by atoms with E-state index in [1.54, 1.807) is 13.8 Å². The lowest BCUT2D eigenvalue weighted by atomic mass is 10.1. The maximum Gasteiger partial charge on any atom is 0.282 e. The number of piperazine rings is 1. The van der Waals surface area contributed by atoms with Crippen LogP contribution in [0.2, 0.25) is 0 Å². The van der Waals surface area contributed by atoms with E-state index in [-0.39, 0.29) is 36.6 Å². The fourth-order valence-corrected chi connectivity index (χ4v) is 5.32. The van der Waals surface area contributed by atoms with Crippen LogP contribution < -0.4 is 0 Å². The molecule has 1 aromatic carbocycles. The second-order valence-electron chi connectivity index (χ2n) is 6.53. The summed E-state index contributed by atoms with van der Waals surface area (Å²) in [5.41, 5.74) is -0.626. The molecule has 0 saturated carbocycles. The third-order valence-corrected chi connectivity index (χ3v) is 7.94. The normalized spacial score (nSPS) is 16.2. The number of carbonyl (C=O) groups is 1. The summed E-state index contributed by atoms with van der Waals surface area (Å²) < 4.78 is 51.4. The van der Waals surface area contributed by atoms with Crippen LogP contribution in [0.3, 0.4) is 0 Å². The molecule has 1 aliphatic heterocycles. The third-order valence-electron chi connectivity index (χ3n) is 4.66. The Morgan fingerprint density at radius 2 is 1.62 bits per heavy atom. The summed E-state index contributed by atoms with van der Waals surface area (Å²) in [5.74, 6) is -0.585. The van der Waals surface area contributed by atoms with Gasteiger partial charge in [-0.15, -0.1) is 0 Å². The molecule has 2 rings (SSSR count). The van der Waals surface area contributed by atoms with Crippen molar-refractivity contribution in [2.24, 2.45) is 0 Å². The van der Waals surface area contributed by atoms with Gasteiger partial charge in [-0.05, 0) is 6.07 Å². The number of hydrogen-bond donors (Lipinski definition) is 0. The fourth-order valence-electron chi connectivity index (χ4n) is 3.04. The number of nitro groups is 1. The second kappa shape index (κ2) is 8.73. The lowest BCUT2D eigenvalue weighted by molar-refractivity contribution is -0.385. The zero-order chi connectivity index (χ0) is 22.0. The molecule has 1 aliphatic rings. The van der Waals surface area contributed by atoms with Crippen LogP contribution in [0.1, 0.15) is 24.2 Å². The lowest BCUT2D eigenvalue weighted by Crippen LogP contribution is -2.54. The van der Waals surface area contributed by atoms with Crippen molar-refractivity contribution in [2.45, 2.75) is 18.7 Å². The highest BCUT2D eigenvalue weighted by Crippen LogP contribution is 2.23. The van der Waals surface area contributed by atoms with E-state index in [0.717, 1.165) is 24.5 Å². The Balaban J connectivity index is 2.23. The van der Waals surface area contributed by atoms with Gasteiger partial charge in [-0.2, -0.15) is 17.0 Å². The van der Waals surface area contributed by atoms with Gasteiger partial charge in [0.15, 0.2) is 9.84 Å². The van der Waals surface area contributed by atoms with Crippen molar-refractivity contribution in [3.05, 3.63) is 33.9 Å². The monoisotopic (exact) mass is 448 g/mol. The first-order chi connectivity index (χ1) is 13.4. The maximum atomic E-state index is 12.8. The molecule has 1 aromatic rings. The van der Waals surface area contributed by atoms with Crippen LogP contribution >= 0.6 is 0 Å². The molecule has 1 fully saturated rings. The summed E-state index contributed by atoms with van der Waals surface area (Å²) in [6.45, 7) is 4.49. The number of hydrogen-bond acceptors (Lipinski definition) is 7. The Labute approximate surface area is 170 Å². The molecule has 1 amide bonds. The summed E-state index contributed by atoms with van der Waals surface area (Å²) in [6, 6.07) is 3.03. The van der Waals surface area contributed by atoms with Crippen molar-refractivity contribution in [2.75, 3.05) is 45.5 Å². The highest BCUT2D eigenvalue weighted by Gasteiger charge is 2.33. The number of nitro benzene ring substituents is 1. The van der Waals surface area contributed by atoms with Gasteiger partial charge in [0.05, 0.1) is 9.82 Å². The van der Waals surface area contributed by atoms with Crippen LogP contribution in [0.25, 0.3) is 0 Å². The van der Waals surface area contributed by atoms with E-state index in [1.165, 1.54) is 13.5 Å². The second-order valence-corrected chi connectivity index (χ2v) is 10.5. The molecule has 0 aliphatic carbocycles. The minimum absolute atomic E-state index is 0.0818. The van der Waals surface area contributed by atoms with Gasteiger partial charge in [-0.3, -0.25) is 14.9 Å². The predicted molar refractivity (Wildman–Crippen MR) is 106 cm³/mol. The van der Waals surface area contributed by atoms with Crippen LogP contribution in [0.5, 0.6) is 0 Å². The zero-order valence-corrected chi connectivity index (χ0v) is 18.1. The number of nitrogens with zero attached hydrogens (tertiary/aromatic N) is 4. The first kappa shape index (κ1) is 23.2. The topological polar surface area (TPSA) is 138 Å². The van der Waals surface area contributed by atoms with Gasteiger partial charge in [-0.25, -0.2) is 8.42 Å². The fraction of sp³-hybridized carbons (Fsp3) is 0.562. The van der Waals surface area contributed by atoms with E-state index < -0.39 is 36.6 Å². The van der Waals surface area contributed by atoms with Crippen LogP contribution in [-0.4, -0.2) is 86.7 Å². The molecular weight excluding hydrogens is 424 g/mol. The summed E-state index contributed by atoms with van der Waals surface area (Å²) in [4.78, 5) is 24.2. The summed E-state index contributed by atoms with van der Waals surface area (Å²) in [6.07, 6.45) is 0.900. The molecule has 0 radical (unpaired) electrons. The zero-order valence-electron chi connectivity index (χ0n) is 16.4. The average molecular weight is 449 g/mol. The minimum atomic E-state index is -3.76. The molecule has 0 aromatic heterocycles. The van der Waals surface area contributed by atoms with Crippen molar-refractivity contribution in [3.63, 3.8) is 0 Å². The number of sulfone groups is 1. The van der Waals surface area contributed by atoms with Crippen LogP contribution in [0.4, 0.5) is 5.69 Å². The lowest BCUT2D eigenvalue weighted by Gasteiger charge is -2.36. The van der Waals surface area contributed by atoms with Crippen molar-refractivity contribution < 1.29 is 26.6 Å². The van der Waals surface area contributed by atoms with E-state index in [0.29, 0.717) is 13.1 Å². The van der Waals surface area contributed by atoms with Crippen molar-refractivity contribution in [3.8, 4) is 0 Å². The first-order valence-corrected chi connectivity index (χ1v) is 12.2. The van der Waals surface area contributed by atoms with E-state index in [1.807, 2.05) is 0 Å². The number of rotatable bonds is 7. The van der Waals surface area contributed by atoms with Crippen LogP contribution in [-0.2, 0) is 20.0 Å². The Morgan fingerprint density at radius 3 is 2.07 bits per heavy atom. The summed E-state index contributed by atoms with van der Waals surface area (Å²) in [5, 5.41) is 11.1. The number of non-ortho nitro benzene ring substituents is 1. The SMILES string of the molecule is CCN(CC)S(=O)(=O)N1CCN(C(=O)c2cc([N+](=O)[O-])cc(S(C)(=O)=O)c2)CC1. The molecular formula is C16H24N4O7S2.